The first kappa shape index (κ1) is 19.6. The van der Waals surface area contributed by atoms with Crippen molar-refractivity contribution in [3.63, 3.8) is 0 Å². The summed E-state index contributed by atoms with van der Waals surface area (Å²) in [5, 5.41) is 0. The molecule has 0 aromatic heterocycles. The third-order valence-electron chi connectivity index (χ3n) is 5.62. The topological polar surface area (TPSA) is 27.7 Å². The van der Waals surface area contributed by atoms with Gasteiger partial charge in [0.1, 0.15) is 5.75 Å². The van der Waals surface area contributed by atoms with Gasteiger partial charge in [-0.1, -0.05) is 97.1 Å². The molecule has 4 aromatic carbocycles. The smallest absolute Gasteiger partial charge is 0.357 e. The fourth-order valence-electron chi connectivity index (χ4n) is 4.30. The lowest BCUT2D eigenvalue weighted by molar-refractivity contribution is -0.392. The van der Waals surface area contributed by atoms with Crippen LogP contribution in [0.3, 0.4) is 0 Å². The van der Waals surface area contributed by atoms with Crippen LogP contribution in [0.2, 0.25) is 0 Å². The van der Waals surface area contributed by atoms with E-state index in [1.54, 1.807) is 0 Å². The van der Waals surface area contributed by atoms with E-state index < -0.39 is 11.6 Å². The highest BCUT2D eigenvalue weighted by Gasteiger charge is 2.54. The summed E-state index contributed by atoms with van der Waals surface area (Å²) < 4.78 is 19.8. The van der Waals surface area contributed by atoms with Crippen LogP contribution in [0.1, 0.15) is 29.2 Å². The fraction of sp³-hybridized carbons (Fsp3) is 0.143. The van der Waals surface area contributed by atoms with Gasteiger partial charge in [0.15, 0.2) is 5.60 Å². The lowest BCUT2D eigenvalue weighted by Crippen LogP contribution is -2.51. The Balaban J connectivity index is 1.85. The van der Waals surface area contributed by atoms with Crippen LogP contribution in [0.5, 0.6) is 5.75 Å². The van der Waals surface area contributed by atoms with Gasteiger partial charge in [-0.3, -0.25) is 4.74 Å². The number of rotatable bonds is 5. The van der Waals surface area contributed by atoms with E-state index in [1.807, 2.05) is 91.9 Å². The van der Waals surface area contributed by atoms with E-state index in [0.717, 1.165) is 28.0 Å². The van der Waals surface area contributed by atoms with Crippen LogP contribution >= 0.6 is 0 Å². The number of para-hydroxylation sites is 1. The Bertz CT molecular complexity index is 1100. The first-order valence-electron chi connectivity index (χ1n) is 10.6. The van der Waals surface area contributed by atoms with Crippen LogP contribution < -0.4 is 4.74 Å². The molecule has 0 N–H and O–H groups in total. The SMILES string of the molecule is CCOC1(c2ccccc2)Oc2ccccc2C(c2ccccc2)(c2ccccc2)O1. The van der Waals surface area contributed by atoms with Gasteiger partial charge in [-0.2, -0.15) is 0 Å². The zero-order valence-electron chi connectivity index (χ0n) is 17.4. The first-order valence-corrected chi connectivity index (χ1v) is 10.6. The highest BCUT2D eigenvalue weighted by atomic mass is 16.9. The second-order valence-electron chi connectivity index (χ2n) is 7.47. The van der Waals surface area contributed by atoms with Crippen molar-refractivity contribution in [3.05, 3.63) is 138 Å². The van der Waals surface area contributed by atoms with Gasteiger partial charge < -0.3 is 9.47 Å². The first-order chi connectivity index (χ1) is 15.3. The summed E-state index contributed by atoms with van der Waals surface area (Å²) in [7, 11) is 0. The second kappa shape index (κ2) is 8.03. The molecule has 0 saturated carbocycles. The van der Waals surface area contributed by atoms with Crippen molar-refractivity contribution in [3.8, 4) is 5.75 Å². The molecular formula is C28H24O3. The third kappa shape index (κ3) is 3.23. The van der Waals surface area contributed by atoms with Crippen molar-refractivity contribution >= 4 is 0 Å². The number of ether oxygens (including phenoxy) is 3. The van der Waals surface area contributed by atoms with Crippen LogP contribution in [-0.4, -0.2) is 6.61 Å². The van der Waals surface area contributed by atoms with Gasteiger partial charge in [-0.05, 0) is 36.2 Å². The molecular weight excluding hydrogens is 384 g/mol. The highest BCUT2D eigenvalue weighted by molar-refractivity contribution is 5.54. The maximum Gasteiger partial charge on any atom is 0.357 e. The Morgan fingerprint density at radius 3 is 1.65 bits per heavy atom. The van der Waals surface area contributed by atoms with Crippen LogP contribution in [0, 0.1) is 0 Å². The lowest BCUT2D eigenvalue weighted by Gasteiger charge is -2.48. The molecule has 3 nitrogen and oxygen atoms in total. The van der Waals surface area contributed by atoms with E-state index in [0.29, 0.717) is 6.61 Å². The summed E-state index contributed by atoms with van der Waals surface area (Å²) in [5.41, 5.74) is 2.86. The summed E-state index contributed by atoms with van der Waals surface area (Å²) >= 11 is 0. The summed E-state index contributed by atoms with van der Waals surface area (Å²) in [4.78, 5) is 0. The van der Waals surface area contributed by atoms with Crippen molar-refractivity contribution < 1.29 is 14.2 Å². The molecule has 0 bridgehead atoms. The predicted molar refractivity (Wildman–Crippen MR) is 121 cm³/mol. The summed E-state index contributed by atoms with van der Waals surface area (Å²) in [6, 6.07) is 38.4. The number of hydrogen-bond acceptors (Lipinski definition) is 3. The Morgan fingerprint density at radius 2 is 1.10 bits per heavy atom. The van der Waals surface area contributed by atoms with Gasteiger partial charge in [0.25, 0.3) is 0 Å². The molecule has 0 spiro atoms. The third-order valence-corrected chi connectivity index (χ3v) is 5.62. The average Bonchev–Trinajstić information content (AvgIpc) is 2.85. The molecule has 0 amide bonds. The quantitative estimate of drug-likeness (QED) is 0.391. The van der Waals surface area contributed by atoms with E-state index in [1.165, 1.54) is 0 Å². The Kier molecular flexibility index (Phi) is 5.06. The fourth-order valence-corrected chi connectivity index (χ4v) is 4.30. The molecule has 1 unspecified atom stereocenters. The Labute approximate surface area is 182 Å². The maximum atomic E-state index is 7.04. The van der Waals surface area contributed by atoms with E-state index in [4.69, 9.17) is 14.2 Å². The predicted octanol–water partition coefficient (Wildman–Crippen LogP) is 6.23. The molecule has 1 aliphatic rings. The Hall–Kier alpha value is -3.40. The zero-order valence-corrected chi connectivity index (χ0v) is 17.4. The van der Waals surface area contributed by atoms with Gasteiger partial charge in [-0.25, -0.2) is 0 Å². The minimum atomic E-state index is -1.39. The molecule has 1 aliphatic heterocycles. The lowest BCUT2D eigenvalue weighted by atomic mass is 9.78. The normalized spacial score (nSPS) is 19.3. The maximum absolute atomic E-state index is 7.04. The van der Waals surface area contributed by atoms with Gasteiger partial charge >= 0.3 is 5.97 Å². The molecule has 3 heteroatoms. The molecule has 31 heavy (non-hydrogen) atoms. The van der Waals surface area contributed by atoms with Crippen LogP contribution in [-0.2, 0) is 21.0 Å². The van der Waals surface area contributed by atoms with Gasteiger partial charge in [-0.15, -0.1) is 0 Å². The van der Waals surface area contributed by atoms with Crippen LogP contribution in [0.4, 0.5) is 0 Å². The molecule has 0 saturated heterocycles. The van der Waals surface area contributed by atoms with Crippen LogP contribution in [0.25, 0.3) is 0 Å². The van der Waals surface area contributed by atoms with Crippen molar-refractivity contribution in [1.29, 1.82) is 0 Å². The van der Waals surface area contributed by atoms with Crippen LogP contribution in [0.15, 0.2) is 115 Å². The molecule has 0 radical (unpaired) electrons. The molecule has 1 heterocycles. The highest BCUT2D eigenvalue weighted by Crippen LogP contribution is 2.53. The summed E-state index contributed by atoms with van der Waals surface area (Å²) in [6.07, 6.45) is 0. The van der Waals surface area contributed by atoms with E-state index >= 15 is 0 Å². The minimum absolute atomic E-state index is 0.427. The van der Waals surface area contributed by atoms with Gasteiger partial charge in [0, 0.05) is 5.56 Å². The molecule has 4 aromatic rings. The van der Waals surface area contributed by atoms with Crippen molar-refractivity contribution in [2.24, 2.45) is 0 Å². The minimum Gasteiger partial charge on any atom is -0.435 e. The van der Waals surface area contributed by atoms with Gasteiger partial charge in [0.2, 0.25) is 0 Å². The standard InChI is InChI=1S/C28H24O3/c1-2-29-28(24-18-10-5-11-19-24)30-26-21-13-12-20-25(26)27(31-28,22-14-6-3-7-15-22)23-16-8-4-9-17-23/h3-21H,2H2,1H3. The van der Waals surface area contributed by atoms with Gasteiger partial charge in [0.05, 0.1) is 12.2 Å². The molecule has 0 fully saturated rings. The monoisotopic (exact) mass is 408 g/mol. The van der Waals surface area contributed by atoms with E-state index in [2.05, 4.69) is 30.3 Å². The van der Waals surface area contributed by atoms with Crippen molar-refractivity contribution in [2.45, 2.75) is 18.5 Å². The largest absolute Gasteiger partial charge is 0.435 e. The van der Waals surface area contributed by atoms with E-state index in [-0.39, 0.29) is 0 Å². The molecule has 154 valence electrons. The number of benzene rings is 4. The zero-order chi connectivity index (χ0) is 21.2. The number of fused-ring (bicyclic) bond motifs is 1. The molecule has 0 aliphatic carbocycles. The second-order valence-corrected chi connectivity index (χ2v) is 7.47. The molecule has 1 atom stereocenters. The Morgan fingerprint density at radius 1 is 0.613 bits per heavy atom. The number of hydrogen-bond donors (Lipinski definition) is 0. The summed E-state index contributed by atoms with van der Waals surface area (Å²) in [6.45, 7) is 2.38. The van der Waals surface area contributed by atoms with Crippen molar-refractivity contribution in [1.82, 2.24) is 0 Å². The molecule has 5 rings (SSSR count). The average molecular weight is 408 g/mol. The summed E-state index contributed by atoms with van der Waals surface area (Å²) in [5.74, 6) is -0.658. The van der Waals surface area contributed by atoms with E-state index in [9.17, 15) is 0 Å². The van der Waals surface area contributed by atoms with Crippen molar-refractivity contribution in [2.75, 3.05) is 6.61 Å².